The van der Waals surface area contributed by atoms with Crippen LogP contribution in [0.1, 0.15) is 20.8 Å². The van der Waals surface area contributed by atoms with Crippen LogP contribution in [-0.4, -0.2) is 5.60 Å². The van der Waals surface area contributed by atoms with Crippen LogP contribution in [0.15, 0.2) is 11.6 Å². The van der Waals surface area contributed by atoms with E-state index < -0.39 is 0 Å². The van der Waals surface area contributed by atoms with Crippen molar-refractivity contribution in [1.29, 1.82) is 0 Å². The summed E-state index contributed by atoms with van der Waals surface area (Å²) in [6.07, 6.45) is 2.02. The molecule has 0 saturated heterocycles. The normalized spacial score (nSPS) is 25.4. The van der Waals surface area contributed by atoms with Crippen molar-refractivity contribution in [3.8, 4) is 0 Å². The van der Waals surface area contributed by atoms with Crippen molar-refractivity contribution in [1.82, 2.24) is 5.48 Å². The molecule has 0 atom stereocenters. The van der Waals surface area contributed by atoms with Crippen LogP contribution in [0.3, 0.4) is 0 Å². The fraction of sp³-hybridized carbons (Fsp3) is 0.571. The van der Waals surface area contributed by atoms with Gasteiger partial charge in [-0.15, -0.1) is 0 Å². The zero-order valence-electron chi connectivity index (χ0n) is 5.99. The summed E-state index contributed by atoms with van der Waals surface area (Å²) in [6, 6.07) is 0. The Morgan fingerprint density at radius 3 is 2.67 bits per heavy atom. The van der Waals surface area contributed by atoms with Gasteiger partial charge in [-0.2, -0.15) is 5.48 Å². The maximum atomic E-state index is 5.10. The Balaban J connectivity index is 2.68. The Kier molecular flexibility index (Phi) is 1.60. The van der Waals surface area contributed by atoms with Gasteiger partial charge in [-0.25, -0.2) is 0 Å². The fourth-order valence-corrected chi connectivity index (χ4v) is 0.824. The average molecular weight is 125 g/mol. The highest BCUT2D eigenvalue weighted by atomic mass is 16.7. The highest BCUT2D eigenvalue weighted by molar-refractivity contribution is 5.16. The number of hydrogen-bond donors (Lipinski definition) is 1. The topological polar surface area (TPSA) is 21.3 Å². The zero-order valence-corrected chi connectivity index (χ0v) is 5.99. The highest BCUT2D eigenvalue weighted by Crippen LogP contribution is 2.17. The van der Waals surface area contributed by atoms with Crippen LogP contribution in [0.2, 0.25) is 0 Å². The third-order valence-corrected chi connectivity index (χ3v) is 1.13. The van der Waals surface area contributed by atoms with Gasteiger partial charge in [0.15, 0.2) is 0 Å². The lowest BCUT2D eigenvalue weighted by atomic mass is 10.1. The Morgan fingerprint density at radius 2 is 2.33 bits per heavy atom. The smallest absolute Gasteiger partial charge is 0.117 e. The van der Waals surface area contributed by atoms with Crippen molar-refractivity contribution < 1.29 is 4.84 Å². The van der Waals surface area contributed by atoms with Gasteiger partial charge < -0.3 is 0 Å². The molecule has 50 valence electrons. The van der Waals surface area contributed by atoms with Crippen LogP contribution < -0.4 is 5.48 Å². The van der Waals surface area contributed by atoms with Crippen molar-refractivity contribution in [3.05, 3.63) is 18.2 Å². The maximum absolute atomic E-state index is 5.10. The van der Waals surface area contributed by atoms with Gasteiger partial charge in [-0.1, -0.05) is 6.08 Å². The van der Waals surface area contributed by atoms with Crippen LogP contribution in [0.5, 0.6) is 0 Å². The van der Waals surface area contributed by atoms with Crippen molar-refractivity contribution in [2.45, 2.75) is 26.4 Å². The van der Waals surface area contributed by atoms with Gasteiger partial charge in [0.25, 0.3) is 0 Å². The minimum absolute atomic E-state index is 0.185. The fourth-order valence-electron chi connectivity index (χ4n) is 0.824. The SMILES string of the molecule is CC1=CC(C)(C)ON[C]1. The third-order valence-electron chi connectivity index (χ3n) is 1.13. The molecule has 0 aromatic carbocycles. The lowest BCUT2D eigenvalue weighted by Crippen LogP contribution is -2.33. The van der Waals surface area contributed by atoms with E-state index in [1.165, 1.54) is 0 Å². The maximum Gasteiger partial charge on any atom is 0.117 e. The summed E-state index contributed by atoms with van der Waals surface area (Å²) < 4.78 is 0. The van der Waals surface area contributed by atoms with Crippen LogP contribution in [0.25, 0.3) is 0 Å². The van der Waals surface area contributed by atoms with E-state index in [4.69, 9.17) is 4.84 Å². The van der Waals surface area contributed by atoms with Crippen molar-refractivity contribution in [2.75, 3.05) is 0 Å². The molecule has 0 spiro atoms. The van der Waals surface area contributed by atoms with E-state index in [2.05, 4.69) is 12.0 Å². The molecule has 0 fully saturated rings. The standard InChI is InChI=1S/C7H11NO/c1-6-4-7(2,3)9-8-5-6/h4,8H,1-3H3. The number of hydrogen-bond acceptors (Lipinski definition) is 2. The summed E-state index contributed by atoms with van der Waals surface area (Å²) in [6.45, 7) is 8.79. The van der Waals surface area contributed by atoms with E-state index in [-0.39, 0.29) is 5.60 Å². The molecule has 0 bridgehead atoms. The third kappa shape index (κ3) is 1.80. The molecule has 0 aromatic rings. The predicted octanol–water partition coefficient (Wildman–Crippen LogP) is 1.28. The molecule has 0 amide bonds. The Labute approximate surface area is 55.9 Å². The van der Waals surface area contributed by atoms with Gasteiger partial charge in [0.1, 0.15) is 12.1 Å². The average Bonchev–Trinajstić information content (AvgIpc) is 1.60. The van der Waals surface area contributed by atoms with Crippen LogP contribution in [0, 0.1) is 6.54 Å². The molecule has 0 saturated carbocycles. The zero-order chi connectivity index (χ0) is 6.91. The van der Waals surface area contributed by atoms with E-state index in [0.717, 1.165) is 5.57 Å². The van der Waals surface area contributed by atoms with Gasteiger partial charge >= 0.3 is 0 Å². The number of nitrogens with one attached hydrogen (secondary N) is 1. The van der Waals surface area contributed by atoms with E-state index in [9.17, 15) is 0 Å². The van der Waals surface area contributed by atoms with Gasteiger partial charge in [-0.05, 0) is 26.3 Å². The van der Waals surface area contributed by atoms with E-state index >= 15 is 0 Å². The first-order chi connectivity index (χ1) is 4.10. The van der Waals surface area contributed by atoms with Gasteiger partial charge in [0.05, 0.1) is 0 Å². The van der Waals surface area contributed by atoms with Crippen LogP contribution in [-0.2, 0) is 4.84 Å². The molecule has 9 heavy (non-hydrogen) atoms. The van der Waals surface area contributed by atoms with Crippen LogP contribution in [0.4, 0.5) is 0 Å². The number of rotatable bonds is 0. The van der Waals surface area contributed by atoms with Gasteiger partial charge in [0, 0.05) is 0 Å². The first-order valence-electron chi connectivity index (χ1n) is 2.99. The molecule has 0 aliphatic carbocycles. The number of hydroxylamine groups is 1. The monoisotopic (exact) mass is 125 g/mol. The molecule has 2 heteroatoms. The summed E-state index contributed by atoms with van der Waals surface area (Å²) in [5.41, 5.74) is 3.51. The molecule has 1 rings (SSSR count). The molecule has 0 aromatic heterocycles. The second kappa shape index (κ2) is 2.12. The molecule has 0 unspecified atom stereocenters. The van der Waals surface area contributed by atoms with E-state index in [1.54, 1.807) is 0 Å². The van der Waals surface area contributed by atoms with Crippen molar-refractivity contribution in [3.63, 3.8) is 0 Å². The van der Waals surface area contributed by atoms with Crippen LogP contribution >= 0.6 is 0 Å². The summed E-state index contributed by atoms with van der Waals surface area (Å²) in [7, 11) is 0. The van der Waals surface area contributed by atoms with Crippen molar-refractivity contribution >= 4 is 0 Å². The summed E-state index contributed by atoms with van der Waals surface area (Å²) in [5.74, 6) is 0. The minimum Gasteiger partial charge on any atom is -0.291 e. The lowest BCUT2D eigenvalue weighted by Gasteiger charge is -2.25. The summed E-state index contributed by atoms with van der Waals surface area (Å²) >= 11 is 0. The largest absolute Gasteiger partial charge is 0.291 e. The second-order valence-electron chi connectivity index (χ2n) is 2.76. The molecular formula is C7H11NO. The van der Waals surface area contributed by atoms with Gasteiger partial charge in [0.2, 0.25) is 0 Å². The molecule has 1 aliphatic heterocycles. The predicted molar refractivity (Wildman–Crippen MR) is 35.3 cm³/mol. The minimum atomic E-state index is -0.185. The molecule has 1 N–H and O–H groups in total. The molecule has 1 heterocycles. The van der Waals surface area contributed by atoms with Gasteiger partial charge in [-0.3, -0.25) is 4.84 Å². The lowest BCUT2D eigenvalue weighted by molar-refractivity contribution is -0.0471. The Bertz CT molecular complexity index is 138. The second-order valence-corrected chi connectivity index (χ2v) is 2.76. The quantitative estimate of drug-likeness (QED) is 0.526. The Hall–Kier alpha value is -0.340. The van der Waals surface area contributed by atoms with Crippen molar-refractivity contribution in [2.24, 2.45) is 0 Å². The van der Waals surface area contributed by atoms with E-state index in [0.29, 0.717) is 0 Å². The molecular weight excluding hydrogens is 114 g/mol. The molecule has 1 aliphatic rings. The molecule has 2 nitrogen and oxygen atoms in total. The van der Waals surface area contributed by atoms with E-state index in [1.807, 2.05) is 26.8 Å². The first-order valence-corrected chi connectivity index (χ1v) is 2.99. The first kappa shape index (κ1) is 6.78. The highest BCUT2D eigenvalue weighted by Gasteiger charge is 2.19. The summed E-state index contributed by atoms with van der Waals surface area (Å²) in [5, 5.41) is 0. The summed E-state index contributed by atoms with van der Waals surface area (Å²) in [4.78, 5) is 5.10. The Morgan fingerprint density at radius 1 is 1.67 bits per heavy atom. The molecule has 2 radical (unpaired) electrons.